The van der Waals surface area contributed by atoms with Crippen molar-refractivity contribution < 1.29 is 0 Å². The molecule has 76 valence electrons. The largest absolute Gasteiger partial charge is 0.331 e. The Labute approximate surface area is 86.2 Å². The second-order valence-electron chi connectivity index (χ2n) is 2.79. The van der Waals surface area contributed by atoms with Crippen LogP contribution < -0.4 is 11.3 Å². The SMILES string of the molecule is C=C/C=C\C=C/C/C(C)=C/C=C\NN. The minimum absolute atomic E-state index is 0.941. The van der Waals surface area contributed by atoms with Crippen LogP contribution in [0.3, 0.4) is 0 Å². The van der Waals surface area contributed by atoms with Crippen molar-refractivity contribution in [2.75, 3.05) is 0 Å². The van der Waals surface area contributed by atoms with E-state index in [4.69, 9.17) is 5.84 Å². The fourth-order valence-corrected chi connectivity index (χ4v) is 0.811. The number of nitrogens with two attached hydrogens (primary N) is 1. The van der Waals surface area contributed by atoms with Gasteiger partial charge in [-0.05, 0) is 19.4 Å². The van der Waals surface area contributed by atoms with E-state index in [0.29, 0.717) is 0 Å². The van der Waals surface area contributed by atoms with Gasteiger partial charge in [-0.1, -0.05) is 48.6 Å². The summed E-state index contributed by atoms with van der Waals surface area (Å²) in [7, 11) is 0. The van der Waals surface area contributed by atoms with Gasteiger partial charge in [0.1, 0.15) is 0 Å². The minimum atomic E-state index is 0.941. The molecule has 0 radical (unpaired) electrons. The third-order valence-corrected chi connectivity index (χ3v) is 1.51. The quantitative estimate of drug-likeness (QED) is 0.384. The van der Waals surface area contributed by atoms with Gasteiger partial charge in [0.05, 0.1) is 0 Å². The van der Waals surface area contributed by atoms with Gasteiger partial charge in [0.25, 0.3) is 0 Å². The molecule has 0 aromatic carbocycles. The molecular formula is C12H18N2. The molecule has 14 heavy (non-hydrogen) atoms. The number of nitrogens with one attached hydrogen (secondary N) is 1. The molecular weight excluding hydrogens is 172 g/mol. The van der Waals surface area contributed by atoms with E-state index >= 15 is 0 Å². The van der Waals surface area contributed by atoms with Gasteiger partial charge in [0, 0.05) is 6.20 Å². The molecule has 0 heterocycles. The molecule has 0 atom stereocenters. The van der Waals surface area contributed by atoms with E-state index in [1.807, 2.05) is 30.4 Å². The van der Waals surface area contributed by atoms with Crippen LogP contribution in [0.15, 0.2) is 60.9 Å². The fraction of sp³-hybridized carbons (Fsp3) is 0.167. The molecule has 0 saturated heterocycles. The van der Waals surface area contributed by atoms with Crippen molar-refractivity contribution in [1.82, 2.24) is 5.43 Å². The maximum Gasteiger partial charge on any atom is 0.0123 e. The first-order valence-electron chi connectivity index (χ1n) is 4.54. The lowest BCUT2D eigenvalue weighted by Gasteiger charge is -1.91. The van der Waals surface area contributed by atoms with E-state index in [9.17, 15) is 0 Å². The highest BCUT2D eigenvalue weighted by molar-refractivity contribution is 5.15. The Morgan fingerprint density at radius 2 is 2.07 bits per heavy atom. The number of hydrazine groups is 1. The van der Waals surface area contributed by atoms with Crippen molar-refractivity contribution in [2.24, 2.45) is 5.84 Å². The first-order valence-corrected chi connectivity index (χ1v) is 4.54. The van der Waals surface area contributed by atoms with E-state index < -0.39 is 0 Å². The summed E-state index contributed by atoms with van der Waals surface area (Å²) >= 11 is 0. The Hall–Kier alpha value is -1.54. The van der Waals surface area contributed by atoms with Crippen molar-refractivity contribution in [3.8, 4) is 0 Å². The molecule has 0 aliphatic rings. The molecule has 0 fully saturated rings. The molecule has 0 spiro atoms. The summed E-state index contributed by atoms with van der Waals surface area (Å²) in [5.74, 6) is 5.07. The summed E-state index contributed by atoms with van der Waals surface area (Å²) in [4.78, 5) is 0. The van der Waals surface area contributed by atoms with Crippen molar-refractivity contribution in [2.45, 2.75) is 13.3 Å². The maximum absolute atomic E-state index is 5.07. The first kappa shape index (κ1) is 12.5. The average Bonchev–Trinajstić information content (AvgIpc) is 2.18. The van der Waals surface area contributed by atoms with E-state index in [-0.39, 0.29) is 0 Å². The van der Waals surface area contributed by atoms with Gasteiger partial charge >= 0.3 is 0 Å². The molecule has 0 aromatic heterocycles. The van der Waals surface area contributed by atoms with Crippen LogP contribution in [-0.4, -0.2) is 0 Å². The van der Waals surface area contributed by atoms with Crippen LogP contribution >= 0.6 is 0 Å². The zero-order valence-corrected chi connectivity index (χ0v) is 8.61. The first-order chi connectivity index (χ1) is 6.81. The van der Waals surface area contributed by atoms with E-state index in [0.717, 1.165) is 6.42 Å². The average molecular weight is 190 g/mol. The number of hydrogen-bond acceptors (Lipinski definition) is 2. The number of hydrogen-bond donors (Lipinski definition) is 2. The Kier molecular flexibility index (Phi) is 8.50. The van der Waals surface area contributed by atoms with E-state index in [1.54, 1.807) is 12.3 Å². The summed E-state index contributed by atoms with van der Waals surface area (Å²) < 4.78 is 0. The highest BCUT2D eigenvalue weighted by Crippen LogP contribution is 2.00. The summed E-state index contributed by atoms with van der Waals surface area (Å²) in [6.07, 6.45) is 16.2. The zero-order chi connectivity index (χ0) is 10.6. The van der Waals surface area contributed by atoms with Crippen LogP contribution in [0.1, 0.15) is 13.3 Å². The molecule has 0 aliphatic carbocycles. The Bertz CT molecular complexity index is 257. The summed E-state index contributed by atoms with van der Waals surface area (Å²) in [5.41, 5.74) is 3.72. The summed E-state index contributed by atoms with van der Waals surface area (Å²) in [5, 5.41) is 0. The Balaban J connectivity index is 3.82. The predicted octanol–water partition coefficient (Wildman–Crippen LogP) is 2.60. The number of allylic oxidation sites excluding steroid dienone is 8. The normalized spacial score (nSPS) is 13.1. The van der Waals surface area contributed by atoms with Crippen molar-refractivity contribution in [3.05, 3.63) is 60.9 Å². The van der Waals surface area contributed by atoms with Gasteiger partial charge in [-0.25, -0.2) is 0 Å². The summed E-state index contributed by atoms with van der Waals surface area (Å²) in [6.45, 7) is 5.66. The van der Waals surface area contributed by atoms with Crippen molar-refractivity contribution in [1.29, 1.82) is 0 Å². The molecule has 0 bridgehead atoms. The lowest BCUT2D eigenvalue weighted by Crippen LogP contribution is -2.12. The van der Waals surface area contributed by atoms with Gasteiger partial charge in [0.2, 0.25) is 0 Å². The third-order valence-electron chi connectivity index (χ3n) is 1.51. The van der Waals surface area contributed by atoms with Crippen LogP contribution in [0.25, 0.3) is 0 Å². The molecule has 0 saturated carbocycles. The lowest BCUT2D eigenvalue weighted by molar-refractivity contribution is 0.967. The van der Waals surface area contributed by atoms with Crippen molar-refractivity contribution in [3.63, 3.8) is 0 Å². The second kappa shape index (κ2) is 9.55. The molecule has 2 heteroatoms. The van der Waals surface area contributed by atoms with Gasteiger partial charge in [-0.2, -0.15) is 0 Å². The van der Waals surface area contributed by atoms with E-state index in [2.05, 4.69) is 25.0 Å². The second-order valence-corrected chi connectivity index (χ2v) is 2.79. The monoisotopic (exact) mass is 190 g/mol. The molecule has 2 nitrogen and oxygen atoms in total. The zero-order valence-electron chi connectivity index (χ0n) is 8.61. The van der Waals surface area contributed by atoms with Gasteiger partial charge < -0.3 is 5.43 Å². The molecule has 0 unspecified atom stereocenters. The van der Waals surface area contributed by atoms with Crippen LogP contribution in [0.2, 0.25) is 0 Å². The summed E-state index contributed by atoms with van der Waals surface area (Å²) in [6, 6.07) is 0. The van der Waals surface area contributed by atoms with Gasteiger partial charge in [-0.3, -0.25) is 5.84 Å². The molecule has 3 N–H and O–H groups in total. The van der Waals surface area contributed by atoms with Crippen LogP contribution in [0.5, 0.6) is 0 Å². The van der Waals surface area contributed by atoms with Crippen LogP contribution in [0.4, 0.5) is 0 Å². The van der Waals surface area contributed by atoms with Gasteiger partial charge in [-0.15, -0.1) is 0 Å². The molecule has 0 rings (SSSR count). The standard InChI is InChI=1S/C12H18N2/c1-3-4-5-6-7-9-12(2)10-8-11-14-13/h3-8,10-11,14H,1,9,13H2,2H3/b5-4-,7-6-,11-8-,12-10+. The maximum atomic E-state index is 5.07. The Morgan fingerprint density at radius 1 is 1.29 bits per heavy atom. The predicted molar refractivity (Wildman–Crippen MR) is 63.3 cm³/mol. The smallest absolute Gasteiger partial charge is 0.0123 e. The molecule has 0 amide bonds. The third kappa shape index (κ3) is 8.56. The van der Waals surface area contributed by atoms with Crippen LogP contribution in [-0.2, 0) is 0 Å². The topological polar surface area (TPSA) is 38.0 Å². The molecule has 0 aliphatic heterocycles. The fourth-order valence-electron chi connectivity index (χ4n) is 0.811. The molecule has 0 aromatic rings. The Morgan fingerprint density at radius 3 is 2.71 bits per heavy atom. The highest BCUT2D eigenvalue weighted by atomic mass is 15.2. The van der Waals surface area contributed by atoms with E-state index in [1.165, 1.54) is 5.57 Å². The van der Waals surface area contributed by atoms with Crippen molar-refractivity contribution >= 4 is 0 Å². The van der Waals surface area contributed by atoms with Gasteiger partial charge in [0.15, 0.2) is 0 Å². The minimum Gasteiger partial charge on any atom is -0.331 e. The van der Waals surface area contributed by atoms with Crippen LogP contribution in [0, 0.1) is 0 Å². The highest BCUT2D eigenvalue weighted by Gasteiger charge is 1.80. The lowest BCUT2D eigenvalue weighted by atomic mass is 10.2. The number of rotatable bonds is 6.